The summed E-state index contributed by atoms with van der Waals surface area (Å²) in [7, 11) is 1.56. The lowest BCUT2D eigenvalue weighted by atomic mass is 10.2. The molecular formula is C18H18ClN3O4S. The number of hydrogen-bond acceptors (Lipinski definition) is 5. The van der Waals surface area contributed by atoms with Gasteiger partial charge in [-0.25, -0.2) is 0 Å². The Morgan fingerprint density at radius 1 is 0.926 bits per heavy atom. The summed E-state index contributed by atoms with van der Waals surface area (Å²) in [6, 6.07) is 13.2. The number of carbonyl (C=O) groups excluding carboxylic acids is 3. The molecule has 0 heterocycles. The highest BCUT2D eigenvalue weighted by atomic mass is 35.5. The molecule has 0 atom stereocenters. The molecule has 2 aromatic carbocycles. The minimum atomic E-state index is -0.456. The molecule has 0 aliphatic heterocycles. The first-order valence-electron chi connectivity index (χ1n) is 7.84. The van der Waals surface area contributed by atoms with E-state index in [1.54, 1.807) is 55.6 Å². The number of nitrogens with one attached hydrogen (secondary N) is 3. The zero-order valence-electron chi connectivity index (χ0n) is 14.5. The predicted octanol–water partition coefficient (Wildman–Crippen LogP) is 2.48. The summed E-state index contributed by atoms with van der Waals surface area (Å²) in [5.41, 5.74) is 5.60. The number of carbonyl (C=O) groups is 3. The van der Waals surface area contributed by atoms with Crippen LogP contribution in [0.2, 0.25) is 5.02 Å². The van der Waals surface area contributed by atoms with Crippen molar-refractivity contribution in [1.29, 1.82) is 0 Å². The topological polar surface area (TPSA) is 96.5 Å². The summed E-state index contributed by atoms with van der Waals surface area (Å²) in [6.45, 7) is 0. The van der Waals surface area contributed by atoms with Crippen LogP contribution in [0.1, 0.15) is 10.4 Å². The van der Waals surface area contributed by atoms with Gasteiger partial charge in [-0.2, -0.15) is 0 Å². The van der Waals surface area contributed by atoms with Crippen molar-refractivity contribution in [2.24, 2.45) is 0 Å². The Kier molecular flexibility index (Phi) is 7.97. The zero-order valence-corrected chi connectivity index (χ0v) is 16.0. The summed E-state index contributed by atoms with van der Waals surface area (Å²) in [5, 5.41) is 3.23. The van der Waals surface area contributed by atoms with Crippen LogP contribution in [0.3, 0.4) is 0 Å². The van der Waals surface area contributed by atoms with Gasteiger partial charge in [-0.15, -0.1) is 11.8 Å². The number of hydrazine groups is 1. The Morgan fingerprint density at radius 2 is 1.56 bits per heavy atom. The van der Waals surface area contributed by atoms with Gasteiger partial charge < -0.3 is 10.1 Å². The van der Waals surface area contributed by atoms with E-state index in [2.05, 4.69) is 16.2 Å². The molecule has 0 aromatic heterocycles. The van der Waals surface area contributed by atoms with E-state index in [0.29, 0.717) is 22.0 Å². The highest BCUT2D eigenvalue weighted by Gasteiger charge is 2.09. The molecule has 3 amide bonds. The van der Waals surface area contributed by atoms with E-state index in [0.717, 1.165) is 11.8 Å². The van der Waals surface area contributed by atoms with Crippen LogP contribution in [-0.2, 0) is 9.59 Å². The second-order valence-electron chi connectivity index (χ2n) is 5.28. The third-order valence-electron chi connectivity index (χ3n) is 3.26. The highest BCUT2D eigenvalue weighted by Crippen LogP contribution is 2.15. The van der Waals surface area contributed by atoms with E-state index in [1.807, 2.05) is 0 Å². The average Bonchev–Trinajstić information content (AvgIpc) is 2.67. The molecule has 2 rings (SSSR count). The van der Waals surface area contributed by atoms with Crippen molar-refractivity contribution in [2.75, 3.05) is 23.9 Å². The Hall–Kier alpha value is -2.71. The fourth-order valence-electron chi connectivity index (χ4n) is 1.94. The van der Waals surface area contributed by atoms with Gasteiger partial charge in [0.1, 0.15) is 5.75 Å². The number of benzene rings is 2. The Labute approximate surface area is 165 Å². The molecule has 7 nitrogen and oxygen atoms in total. The molecule has 2 aromatic rings. The Balaban J connectivity index is 1.65. The summed E-state index contributed by atoms with van der Waals surface area (Å²) in [5.74, 6) is -0.286. The van der Waals surface area contributed by atoms with Crippen molar-refractivity contribution < 1.29 is 19.1 Å². The van der Waals surface area contributed by atoms with Gasteiger partial charge in [0, 0.05) is 16.3 Å². The van der Waals surface area contributed by atoms with E-state index in [1.165, 1.54) is 0 Å². The number of rotatable bonds is 7. The van der Waals surface area contributed by atoms with Gasteiger partial charge in [0.15, 0.2) is 0 Å². The molecule has 0 fully saturated rings. The quantitative estimate of drug-likeness (QED) is 0.613. The first-order chi connectivity index (χ1) is 13.0. The van der Waals surface area contributed by atoms with E-state index in [-0.39, 0.29) is 17.4 Å². The summed E-state index contributed by atoms with van der Waals surface area (Å²) >= 11 is 6.88. The van der Waals surface area contributed by atoms with Crippen LogP contribution in [0.15, 0.2) is 48.5 Å². The van der Waals surface area contributed by atoms with Crippen molar-refractivity contribution in [3.8, 4) is 5.75 Å². The van der Waals surface area contributed by atoms with Crippen LogP contribution in [0, 0.1) is 0 Å². The summed E-state index contributed by atoms with van der Waals surface area (Å²) in [6.07, 6.45) is 0. The molecule has 9 heteroatoms. The minimum Gasteiger partial charge on any atom is -0.497 e. The first-order valence-corrected chi connectivity index (χ1v) is 9.37. The first kappa shape index (κ1) is 20.6. The predicted molar refractivity (Wildman–Crippen MR) is 106 cm³/mol. The maximum absolute atomic E-state index is 11.9. The second kappa shape index (κ2) is 10.4. The standard InChI is InChI=1S/C18H18ClN3O4S/c1-26-15-8-6-14(7-9-15)20-16(23)10-27-11-17(24)21-22-18(25)12-2-4-13(19)5-3-12/h2-9H,10-11H2,1H3,(H,20,23)(H,21,24)(H,22,25). The van der Waals surface area contributed by atoms with Gasteiger partial charge in [0.2, 0.25) is 11.8 Å². The third kappa shape index (κ3) is 7.20. The van der Waals surface area contributed by atoms with Gasteiger partial charge in [-0.05, 0) is 48.5 Å². The van der Waals surface area contributed by atoms with Crippen LogP contribution in [0.4, 0.5) is 5.69 Å². The number of halogens is 1. The Morgan fingerprint density at radius 3 is 2.19 bits per heavy atom. The van der Waals surface area contributed by atoms with E-state index < -0.39 is 11.8 Å². The number of ether oxygens (including phenoxy) is 1. The molecular weight excluding hydrogens is 390 g/mol. The third-order valence-corrected chi connectivity index (χ3v) is 4.45. The van der Waals surface area contributed by atoms with Crippen molar-refractivity contribution >= 4 is 46.8 Å². The van der Waals surface area contributed by atoms with Gasteiger partial charge in [0.05, 0.1) is 18.6 Å². The van der Waals surface area contributed by atoms with Crippen molar-refractivity contribution in [3.05, 3.63) is 59.1 Å². The SMILES string of the molecule is COc1ccc(NC(=O)CSCC(=O)NNC(=O)c2ccc(Cl)cc2)cc1. The van der Waals surface area contributed by atoms with Crippen molar-refractivity contribution in [2.45, 2.75) is 0 Å². The number of thioether (sulfide) groups is 1. The van der Waals surface area contributed by atoms with Crippen molar-refractivity contribution in [1.82, 2.24) is 10.9 Å². The Bertz CT molecular complexity index is 797. The monoisotopic (exact) mass is 407 g/mol. The van der Waals surface area contributed by atoms with Crippen molar-refractivity contribution in [3.63, 3.8) is 0 Å². The number of hydrogen-bond donors (Lipinski definition) is 3. The van der Waals surface area contributed by atoms with Gasteiger partial charge in [-0.1, -0.05) is 11.6 Å². The number of anilines is 1. The molecule has 0 bridgehead atoms. The zero-order chi connectivity index (χ0) is 19.6. The van der Waals surface area contributed by atoms with E-state index in [9.17, 15) is 14.4 Å². The van der Waals surface area contributed by atoms with E-state index >= 15 is 0 Å². The van der Waals surface area contributed by atoms with Gasteiger partial charge in [0.25, 0.3) is 5.91 Å². The van der Waals surface area contributed by atoms with Crippen LogP contribution in [0.5, 0.6) is 5.75 Å². The molecule has 142 valence electrons. The molecule has 27 heavy (non-hydrogen) atoms. The maximum atomic E-state index is 11.9. The van der Waals surface area contributed by atoms with Crippen LogP contribution >= 0.6 is 23.4 Å². The molecule has 0 aliphatic rings. The van der Waals surface area contributed by atoms with Gasteiger partial charge >= 0.3 is 0 Å². The second-order valence-corrected chi connectivity index (χ2v) is 6.70. The summed E-state index contributed by atoms with van der Waals surface area (Å²) in [4.78, 5) is 35.4. The fourth-order valence-corrected chi connectivity index (χ4v) is 2.69. The molecule has 3 N–H and O–H groups in total. The smallest absolute Gasteiger partial charge is 0.269 e. The largest absolute Gasteiger partial charge is 0.497 e. The van der Waals surface area contributed by atoms with E-state index in [4.69, 9.17) is 16.3 Å². The summed E-state index contributed by atoms with van der Waals surface area (Å²) < 4.78 is 5.04. The lowest BCUT2D eigenvalue weighted by Crippen LogP contribution is -2.42. The molecule has 0 saturated carbocycles. The number of methoxy groups -OCH3 is 1. The average molecular weight is 408 g/mol. The lowest BCUT2D eigenvalue weighted by Gasteiger charge is -2.08. The van der Waals surface area contributed by atoms with Crippen LogP contribution in [0.25, 0.3) is 0 Å². The minimum absolute atomic E-state index is 0.0247. The molecule has 0 radical (unpaired) electrons. The molecule has 0 spiro atoms. The highest BCUT2D eigenvalue weighted by molar-refractivity contribution is 8.00. The normalized spacial score (nSPS) is 10.0. The molecule has 0 aliphatic carbocycles. The van der Waals surface area contributed by atoms with Crippen LogP contribution < -0.4 is 20.9 Å². The fraction of sp³-hybridized carbons (Fsp3) is 0.167. The molecule has 0 unspecified atom stereocenters. The maximum Gasteiger partial charge on any atom is 0.269 e. The van der Waals surface area contributed by atoms with Gasteiger partial charge in [-0.3, -0.25) is 25.2 Å². The molecule has 0 saturated heterocycles. The lowest BCUT2D eigenvalue weighted by molar-refractivity contribution is -0.119. The number of amides is 3. The van der Waals surface area contributed by atoms with Crippen LogP contribution in [-0.4, -0.2) is 36.3 Å².